The minimum atomic E-state index is 0.324. The molecule has 1 fully saturated rings. The van der Waals surface area contributed by atoms with E-state index in [4.69, 9.17) is 0 Å². The summed E-state index contributed by atoms with van der Waals surface area (Å²) < 4.78 is 0. The SMILES string of the molecule is CC(C)NC1C(c2ccccc2)C(c2ccccc2)C(c2ccccc2)C1c1ccccc1. The maximum atomic E-state index is 4.04. The van der Waals surface area contributed by atoms with Crippen LogP contribution in [0.2, 0.25) is 0 Å². The van der Waals surface area contributed by atoms with Crippen LogP contribution in [-0.4, -0.2) is 12.1 Å². The largest absolute Gasteiger partial charge is 0.311 e. The van der Waals surface area contributed by atoms with Crippen molar-refractivity contribution in [3.05, 3.63) is 144 Å². The molecule has 0 heterocycles. The molecule has 4 atom stereocenters. The molecule has 1 saturated carbocycles. The van der Waals surface area contributed by atoms with Gasteiger partial charge < -0.3 is 5.32 Å². The highest BCUT2D eigenvalue weighted by atomic mass is 15.0. The summed E-state index contributed by atoms with van der Waals surface area (Å²) >= 11 is 0. The Labute approximate surface area is 198 Å². The first-order valence-electron chi connectivity index (χ1n) is 12.2. The van der Waals surface area contributed by atoms with Crippen molar-refractivity contribution in [3.8, 4) is 0 Å². The van der Waals surface area contributed by atoms with Crippen LogP contribution in [0.5, 0.6) is 0 Å². The molecule has 4 aromatic rings. The van der Waals surface area contributed by atoms with Gasteiger partial charge in [-0.3, -0.25) is 0 Å². The van der Waals surface area contributed by atoms with Crippen LogP contribution in [0.15, 0.2) is 121 Å². The second-order valence-electron chi connectivity index (χ2n) is 9.59. The minimum Gasteiger partial charge on any atom is -0.311 e. The van der Waals surface area contributed by atoms with Crippen LogP contribution in [0, 0.1) is 0 Å². The van der Waals surface area contributed by atoms with Crippen molar-refractivity contribution in [2.24, 2.45) is 0 Å². The lowest BCUT2D eigenvalue weighted by Crippen LogP contribution is -2.40. The van der Waals surface area contributed by atoms with Crippen molar-refractivity contribution >= 4 is 0 Å². The Balaban J connectivity index is 1.77. The zero-order chi connectivity index (χ0) is 22.6. The molecule has 33 heavy (non-hydrogen) atoms. The molecule has 4 aromatic carbocycles. The Morgan fingerprint density at radius 1 is 0.424 bits per heavy atom. The van der Waals surface area contributed by atoms with Gasteiger partial charge in [0.2, 0.25) is 0 Å². The Hall–Kier alpha value is -3.16. The quantitative estimate of drug-likeness (QED) is 0.333. The summed E-state index contributed by atoms with van der Waals surface area (Å²) in [5.41, 5.74) is 5.69. The summed E-state index contributed by atoms with van der Waals surface area (Å²) in [6.45, 7) is 4.55. The van der Waals surface area contributed by atoms with Crippen molar-refractivity contribution in [1.82, 2.24) is 5.32 Å². The third kappa shape index (κ3) is 4.38. The molecular weight excluding hydrogens is 398 g/mol. The van der Waals surface area contributed by atoms with E-state index in [-0.39, 0.29) is 0 Å². The zero-order valence-corrected chi connectivity index (χ0v) is 19.5. The second-order valence-corrected chi connectivity index (χ2v) is 9.59. The van der Waals surface area contributed by atoms with Gasteiger partial charge in [-0.05, 0) is 34.1 Å². The summed E-state index contributed by atoms with van der Waals surface area (Å²) in [5, 5.41) is 4.04. The highest BCUT2D eigenvalue weighted by Crippen LogP contribution is 2.60. The first-order chi connectivity index (χ1) is 16.2. The second kappa shape index (κ2) is 9.77. The lowest BCUT2D eigenvalue weighted by atomic mass is 9.75. The van der Waals surface area contributed by atoms with Gasteiger partial charge in [0.1, 0.15) is 0 Å². The van der Waals surface area contributed by atoms with Crippen LogP contribution in [0.25, 0.3) is 0 Å². The van der Waals surface area contributed by atoms with E-state index in [9.17, 15) is 0 Å². The van der Waals surface area contributed by atoms with Crippen molar-refractivity contribution in [2.75, 3.05) is 0 Å². The summed E-state index contributed by atoms with van der Waals surface area (Å²) in [4.78, 5) is 0. The Bertz CT molecular complexity index is 1030. The Morgan fingerprint density at radius 2 is 0.697 bits per heavy atom. The number of nitrogens with one attached hydrogen (secondary N) is 1. The van der Waals surface area contributed by atoms with Gasteiger partial charge in [0.05, 0.1) is 0 Å². The predicted molar refractivity (Wildman–Crippen MR) is 139 cm³/mol. The van der Waals surface area contributed by atoms with Gasteiger partial charge in [0.25, 0.3) is 0 Å². The fourth-order valence-corrected chi connectivity index (χ4v) is 6.07. The average Bonchev–Trinajstić information content (AvgIpc) is 3.20. The van der Waals surface area contributed by atoms with Crippen molar-refractivity contribution in [3.63, 3.8) is 0 Å². The molecule has 0 spiro atoms. The van der Waals surface area contributed by atoms with Crippen molar-refractivity contribution < 1.29 is 0 Å². The van der Waals surface area contributed by atoms with E-state index in [2.05, 4.69) is 140 Å². The fraction of sp³-hybridized carbons (Fsp3) is 0.250. The van der Waals surface area contributed by atoms with Gasteiger partial charge in [-0.25, -0.2) is 0 Å². The molecule has 1 nitrogen and oxygen atoms in total. The van der Waals surface area contributed by atoms with Crippen molar-refractivity contribution in [1.29, 1.82) is 0 Å². The smallest absolute Gasteiger partial charge is 0.0219 e. The van der Waals surface area contributed by atoms with Gasteiger partial charge >= 0.3 is 0 Å². The van der Waals surface area contributed by atoms with Gasteiger partial charge in [0, 0.05) is 23.9 Å². The van der Waals surface area contributed by atoms with E-state index < -0.39 is 0 Å². The first-order valence-corrected chi connectivity index (χ1v) is 12.2. The normalized spacial score (nSPS) is 24.8. The van der Waals surface area contributed by atoms with Crippen LogP contribution in [0.4, 0.5) is 0 Å². The van der Waals surface area contributed by atoms with Gasteiger partial charge in [-0.15, -0.1) is 0 Å². The van der Waals surface area contributed by atoms with E-state index in [1.807, 2.05) is 0 Å². The van der Waals surface area contributed by atoms with Crippen molar-refractivity contribution in [2.45, 2.75) is 49.6 Å². The van der Waals surface area contributed by atoms with Crippen LogP contribution in [0.3, 0.4) is 0 Å². The highest BCUT2D eigenvalue weighted by molar-refractivity contribution is 5.45. The molecule has 0 radical (unpaired) electrons. The van der Waals surface area contributed by atoms with E-state index in [0.717, 1.165) is 0 Å². The van der Waals surface area contributed by atoms with Gasteiger partial charge in [-0.1, -0.05) is 135 Å². The molecule has 5 rings (SSSR count). The molecular formula is C32H33N. The number of hydrogen-bond donors (Lipinski definition) is 1. The number of hydrogen-bond acceptors (Lipinski definition) is 1. The number of rotatable bonds is 6. The molecule has 0 saturated heterocycles. The molecule has 1 heteroatoms. The average molecular weight is 432 g/mol. The Kier molecular flexibility index (Phi) is 6.41. The predicted octanol–water partition coefficient (Wildman–Crippen LogP) is 7.50. The fourth-order valence-electron chi connectivity index (χ4n) is 6.07. The third-order valence-corrected chi connectivity index (χ3v) is 7.20. The molecule has 0 aliphatic heterocycles. The van der Waals surface area contributed by atoms with Gasteiger partial charge in [0.15, 0.2) is 0 Å². The number of benzene rings is 4. The molecule has 1 N–H and O–H groups in total. The molecule has 1 aliphatic carbocycles. The van der Waals surface area contributed by atoms with Crippen LogP contribution >= 0.6 is 0 Å². The first kappa shape index (κ1) is 21.7. The van der Waals surface area contributed by atoms with Crippen LogP contribution < -0.4 is 5.32 Å². The van der Waals surface area contributed by atoms with E-state index in [1.165, 1.54) is 22.3 Å². The maximum Gasteiger partial charge on any atom is 0.0219 e. The molecule has 1 aliphatic rings. The van der Waals surface area contributed by atoms with E-state index >= 15 is 0 Å². The molecule has 166 valence electrons. The van der Waals surface area contributed by atoms with Crippen LogP contribution in [-0.2, 0) is 0 Å². The molecule has 0 amide bonds. The third-order valence-electron chi connectivity index (χ3n) is 7.20. The highest BCUT2D eigenvalue weighted by Gasteiger charge is 2.52. The summed E-state index contributed by atoms with van der Waals surface area (Å²) in [6.07, 6.45) is 0. The van der Waals surface area contributed by atoms with Crippen LogP contribution in [0.1, 0.15) is 59.8 Å². The topological polar surface area (TPSA) is 12.0 Å². The standard InChI is InChI=1S/C32H33N/c1-23(2)33-32-30(26-19-11-5-12-20-26)28(24-15-7-3-8-16-24)29(25-17-9-4-10-18-25)31(32)27-21-13-6-14-22-27/h3-23,28-33H,1-2H3. The maximum absolute atomic E-state index is 4.04. The molecule has 4 unspecified atom stereocenters. The van der Waals surface area contributed by atoms with E-state index in [0.29, 0.717) is 35.8 Å². The summed E-state index contributed by atoms with van der Waals surface area (Å²) in [7, 11) is 0. The Morgan fingerprint density at radius 3 is 0.970 bits per heavy atom. The van der Waals surface area contributed by atoms with Gasteiger partial charge in [-0.2, -0.15) is 0 Å². The summed E-state index contributed by atoms with van der Waals surface area (Å²) in [6, 6.07) is 45.4. The van der Waals surface area contributed by atoms with E-state index in [1.54, 1.807) is 0 Å². The zero-order valence-electron chi connectivity index (χ0n) is 19.5. The minimum absolute atomic E-state index is 0.324. The molecule has 0 bridgehead atoms. The lowest BCUT2D eigenvalue weighted by molar-refractivity contribution is 0.399. The monoisotopic (exact) mass is 431 g/mol. The molecule has 0 aromatic heterocycles. The summed E-state index contributed by atoms with van der Waals surface area (Å²) in [5.74, 6) is 1.48. The lowest BCUT2D eigenvalue weighted by Gasteiger charge is -2.30.